The Labute approximate surface area is 111 Å². The van der Waals surface area contributed by atoms with E-state index < -0.39 is 5.54 Å². The number of nitrogen functional groups attached to an aromatic ring is 1. The number of hydrogen-bond acceptors (Lipinski definition) is 4. The molecule has 0 amide bonds. The molecule has 2 aromatic rings. The number of ether oxygens (including phenoxy) is 1. The first-order valence-corrected chi connectivity index (χ1v) is 6.26. The fraction of sp³-hybridized carbons (Fsp3) is 0.357. The molecular weight excluding hydrogens is 242 g/mol. The summed E-state index contributed by atoms with van der Waals surface area (Å²) in [6.07, 6.45) is 0.765. The zero-order valence-corrected chi connectivity index (χ0v) is 11.0. The molecule has 1 aromatic heterocycles. The van der Waals surface area contributed by atoms with Crippen LogP contribution in [0.25, 0.3) is 10.9 Å². The average Bonchev–Trinajstić information content (AvgIpc) is 3.05. The molecule has 1 aromatic carbocycles. The number of hydrogen-bond donors (Lipinski definition) is 3. The van der Waals surface area contributed by atoms with Crippen LogP contribution in [-0.2, 0) is 9.53 Å². The highest BCUT2D eigenvalue weighted by Crippen LogP contribution is 2.52. The van der Waals surface area contributed by atoms with Crippen LogP contribution in [0, 0.1) is 0 Å². The highest BCUT2D eigenvalue weighted by atomic mass is 16.5. The molecule has 4 N–H and O–H groups in total. The molecule has 5 heteroatoms. The molecule has 100 valence electrons. The summed E-state index contributed by atoms with van der Waals surface area (Å²) in [5.74, 6) is 0.606. The van der Waals surface area contributed by atoms with E-state index in [1.807, 2.05) is 18.2 Å². The molecule has 5 nitrogen and oxygen atoms in total. The predicted molar refractivity (Wildman–Crippen MR) is 73.9 cm³/mol. The summed E-state index contributed by atoms with van der Waals surface area (Å²) in [4.78, 5) is 15.0. The van der Waals surface area contributed by atoms with Gasteiger partial charge in [-0.2, -0.15) is 0 Å². The fourth-order valence-corrected chi connectivity index (χ4v) is 2.84. The molecule has 1 aliphatic rings. The number of carbonyl (C=O) groups excluding carboxylic acids is 1. The van der Waals surface area contributed by atoms with Crippen LogP contribution >= 0.6 is 0 Å². The van der Waals surface area contributed by atoms with Gasteiger partial charge < -0.3 is 20.8 Å². The Hall–Kier alpha value is -2.01. The number of nitrogens with two attached hydrogens (primary N) is 1. The highest BCUT2D eigenvalue weighted by molar-refractivity contribution is 5.88. The first-order chi connectivity index (χ1) is 9.10. The third-order valence-electron chi connectivity index (χ3n) is 4.02. The smallest absolute Gasteiger partial charge is 0.326 e. The molecule has 1 heterocycles. The Morgan fingerprint density at radius 2 is 2.32 bits per heavy atom. The third kappa shape index (κ3) is 1.69. The molecule has 1 fully saturated rings. The van der Waals surface area contributed by atoms with Crippen LogP contribution in [0.4, 0.5) is 5.82 Å². The van der Waals surface area contributed by atoms with E-state index in [0.29, 0.717) is 5.82 Å². The van der Waals surface area contributed by atoms with Crippen molar-refractivity contribution in [2.24, 2.45) is 0 Å². The van der Waals surface area contributed by atoms with Gasteiger partial charge >= 0.3 is 5.97 Å². The molecule has 2 atom stereocenters. The maximum Gasteiger partial charge on any atom is 0.326 e. The van der Waals surface area contributed by atoms with Gasteiger partial charge in [-0.05, 0) is 37.2 Å². The molecule has 0 saturated heterocycles. The Morgan fingerprint density at radius 1 is 1.53 bits per heavy atom. The number of H-pyrrole nitrogens is 1. The summed E-state index contributed by atoms with van der Waals surface area (Å²) < 4.78 is 4.88. The van der Waals surface area contributed by atoms with Crippen LogP contribution in [0.3, 0.4) is 0 Å². The molecular formula is C14H17N3O2. The Kier molecular flexibility index (Phi) is 2.53. The van der Waals surface area contributed by atoms with Crippen molar-refractivity contribution in [3.8, 4) is 0 Å². The normalized spacial score (nSPS) is 25.5. The average molecular weight is 259 g/mol. The maximum atomic E-state index is 11.9. The lowest BCUT2D eigenvalue weighted by atomic mass is 10.0. The van der Waals surface area contributed by atoms with Gasteiger partial charge in [0.15, 0.2) is 0 Å². The topological polar surface area (TPSA) is 80.1 Å². The monoisotopic (exact) mass is 259 g/mol. The second-order valence-corrected chi connectivity index (χ2v) is 5.04. The van der Waals surface area contributed by atoms with Crippen molar-refractivity contribution < 1.29 is 9.53 Å². The maximum absolute atomic E-state index is 11.9. The SMILES string of the molecule is CNC1(C(=O)OC)CC1c1ccc2[nH]c(N)cc2c1. The number of methoxy groups -OCH3 is 1. The Bertz CT molecular complexity index is 649. The van der Waals surface area contributed by atoms with E-state index in [9.17, 15) is 4.79 Å². The van der Waals surface area contributed by atoms with Gasteiger partial charge in [-0.1, -0.05) is 6.07 Å². The minimum absolute atomic E-state index is 0.158. The van der Waals surface area contributed by atoms with Gasteiger partial charge in [-0.25, -0.2) is 0 Å². The van der Waals surface area contributed by atoms with Gasteiger partial charge in [0.1, 0.15) is 11.4 Å². The number of nitrogens with one attached hydrogen (secondary N) is 2. The van der Waals surface area contributed by atoms with Crippen LogP contribution in [0.5, 0.6) is 0 Å². The summed E-state index contributed by atoms with van der Waals surface area (Å²) in [5.41, 5.74) is 7.31. The van der Waals surface area contributed by atoms with Gasteiger partial charge in [0.25, 0.3) is 0 Å². The van der Waals surface area contributed by atoms with E-state index >= 15 is 0 Å². The largest absolute Gasteiger partial charge is 0.468 e. The third-order valence-corrected chi connectivity index (χ3v) is 4.02. The number of carbonyl (C=O) groups is 1. The number of benzene rings is 1. The van der Waals surface area contributed by atoms with Crippen LogP contribution in [0.1, 0.15) is 17.9 Å². The molecule has 1 saturated carbocycles. The lowest BCUT2D eigenvalue weighted by Gasteiger charge is -2.13. The molecule has 2 unspecified atom stereocenters. The van der Waals surface area contributed by atoms with Crippen molar-refractivity contribution in [3.05, 3.63) is 29.8 Å². The second kappa shape index (κ2) is 3.99. The van der Waals surface area contributed by atoms with Crippen LogP contribution in [0.15, 0.2) is 24.3 Å². The highest BCUT2D eigenvalue weighted by Gasteiger charge is 2.60. The molecule has 19 heavy (non-hydrogen) atoms. The zero-order chi connectivity index (χ0) is 13.6. The van der Waals surface area contributed by atoms with Gasteiger partial charge in [0.05, 0.1) is 7.11 Å². The number of rotatable bonds is 3. The van der Waals surface area contributed by atoms with Crippen LogP contribution in [0.2, 0.25) is 0 Å². The summed E-state index contributed by atoms with van der Waals surface area (Å²) in [7, 11) is 3.22. The van der Waals surface area contributed by atoms with Gasteiger partial charge in [0.2, 0.25) is 0 Å². The van der Waals surface area contributed by atoms with E-state index in [4.69, 9.17) is 10.5 Å². The number of fused-ring (bicyclic) bond motifs is 1. The fourth-order valence-electron chi connectivity index (χ4n) is 2.84. The number of anilines is 1. The van der Waals surface area contributed by atoms with Gasteiger partial charge in [0, 0.05) is 16.8 Å². The number of esters is 1. The van der Waals surface area contributed by atoms with Crippen molar-refractivity contribution in [2.75, 3.05) is 19.9 Å². The van der Waals surface area contributed by atoms with E-state index in [0.717, 1.165) is 22.9 Å². The van der Waals surface area contributed by atoms with E-state index in [1.165, 1.54) is 7.11 Å². The molecule has 3 rings (SSSR count). The lowest BCUT2D eigenvalue weighted by Crippen LogP contribution is -2.39. The minimum atomic E-state index is -0.565. The molecule has 0 aliphatic heterocycles. The molecule has 0 radical (unpaired) electrons. The quantitative estimate of drug-likeness (QED) is 0.727. The van der Waals surface area contributed by atoms with Crippen LogP contribution < -0.4 is 11.1 Å². The van der Waals surface area contributed by atoms with Crippen molar-refractivity contribution in [1.82, 2.24) is 10.3 Å². The van der Waals surface area contributed by atoms with Gasteiger partial charge in [-0.15, -0.1) is 0 Å². The number of aromatic amines is 1. The first-order valence-electron chi connectivity index (χ1n) is 6.26. The first kappa shape index (κ1) is 12.0. The van der Waals surface area contributed by atoms with Gasteiger partial charge in [-0.3, -0.25) is 4.79 Å². The van der Waals surface area contributed by atoms with Crippen LogP contribution in [-0.4, -0.2) is 30.6 Å². The molecule has 0 bridgehead atoms. The van der Waals surface area contributed by atoms with E-state index in [-0.39, 0.29) is 11.9 Å². The lowest BCUT2D eigenvalue weighted by molar-refractivity contribution is -0.144. The Balaban J connectivity index is 1.95. The minimum Gasteiger partial charge on any atom is -0.468 e. The molecule has 0 spiro atoms. The summed E-state index contributed by atoms with van der Waals surface area (Å²) in [6, 6.07) is 8.01. The number of aromatic nitrogens is 1. The summed E-state index contributed by atoms with van der Waals surface area (Å²) in [6.45, 7) is 0. The zero-order valence-electron chi connectivity index (χ0n) is 11.0. The van der Waals surface area contributed by atoms with Crippen molar-refractivity contribution in [1.29, 1.82) is 0 Å². The summed E-state index contributed by atoms with van der Waals surface area (Å²) >= 11 is 0. The Morgan fingerprint density at radius 3 is 3.00 bits per heavy atom. The van der Waals surface area contributed by atoms with Crippen molar-refractivity contribution in [2.45, 2.75) is 17.9 Å². The predicted octanol–water partition coefficient (Wildman–Crippen LogP) is 1.37. The van der Waals surface area contributed by atoms with E-state index in [2.05, 4.69) is 16.4 Å². The van der Waals surface area contributed by atoms with Crippen molar-refractivity contribution in [3.63, 3.8) is 0 Å². The number of likely N-dealkylation sites (N-methyl/N-ethyl adjacent to an activating group) is 1. The molecule has 1 aliphatic carbocycles. The van der Waals surface area contributed by atoms with Crippen molar-refractivity contribution >= 4 is 22.7 Å². The second-order valence-electron chi connectivity index (χ2n) is 5.04. The standard InChI is InChI=1S/C14H17N3O2/c1-16-14(13(18)19-2)7-10(14)8-3-4-11-9(5-8)6-12(15)17-11/h3-6,10,16-17H,7,15H2,1-2H3. The van der Waals surface area contributed by atoms with E-state index in [1.54, 1.807) is 7.05 Å². The summed E-state index contributed by atoms with van der Waals surface area (Å²) in [5, 5.41) is 4.16.